The Labute approximate surface area is 157 Å². The number of carbonyl (C=O) groups is 2. The first kappa shape index (κ1) is 18.6. The maximum Gasteiger partial charge on any atom is 0.274 e. The molecular weight excluding hydrogens is 346 g/mol. The Morgan fingerprint density at radius 3 is 2.63 bits per heavy atom. The van der Waals surface area contributed by atoms with Crippen LogP contribution in [0.4, 0.5) is 11.4 Å². The summed E-state index contributed by atoms with van der Waals surface area (Å²) >= 11 is 0. The molecule has 2 amide bonds. The Balaban J connectivity index is 1.69. The van der Waals surface area contributed by atoms with E-state index in [1.54, 1.807) is 24.0 Å². The molecule has 0 unspecified atom stereocenters. The molecule has 2 aromatic carbocycles. The number of anilines is 1. The summed E-state index contributed by atoms with van der Waals surface area (Å²) in [5, 5.41) is 13.8. The molecule has 1 saturated heterocycles. The van der Waals surface area contributed by atoms with Gasteiger partial charge in [0.15, 0.2) is 0 Å². The van der Waals surface area contributed by atoms with Gasteiger partial charge in [0.2, 0.25) is 11.8 Å². The predicted octanol–water partition coefficient (Wildman–Crippen LogP) is 3.45. The summed E-state index contributed by atoms with van der Waals surface area (Å²) in [6, 6.07) is 14.1. The van der Waals surface area contributed by atoms with E-state index in [-0.39, 0.29) is 30.0 Å². The van der Waals surface area contributed by atoms with E-state index < -0.39 is 10.8 Å². The molecule has 3 rings (SSSR count). The van der Waals surface area contributed by atoms with E-state index in [0.717, 1.165) is 5.56 Å². The number of hydrogen-bond acceptors (Lipinski definition) is 4. The van der Waals surface area contributed by atoms with Gasteiger partial charge in [0.05, 0.1) is 16.9 Å². The molecule has 7 nitrogen and oxygen atoms in total. The minimum atomic E-state index is -0.482. The van der Waals surface area contributed by atoms with Gasteiger partial charge >= 0.3 is 0 Å². The normalized spacial score (nSPS) is 17.6. The van der Waals surface area contributed by atoms with Crippen molar-refractivity contribution in [2.45, 2.75) is 26.3 Å². The molecule has 1 fully saturated rings. The lowest BCUT2D eigenvalue weighted by Crippen LogP contribution is -2.30. The number of nitrogens with one attached hydrogen (secondary N) is 1. The summed E-state index contributed by atoms with van der Waals surface area (Å²) in [4.78, 5) is 37.3. The van der Waals surface area contributed by atoms with Crippen molar-refractivity contribution < 1.29 is 14.5 Å². The zero-order valence-electron chi connectivity index (χ0n) is 15.2. The molecule has 0 aliphatic carbocycles. The quantitative estimate of drug-likeness (QED) is 0.647. The maximum absolute atomic E-state index is 12.6. The number of likely N-dealkylation sites (tertiary alicyclic amines) is 1. The monoisotopic (exact) mass is 367 g/mol. The Morgan fingerprint density at radius 2 is 1.96 bits per heavy atom. The number of nitro groups is 1. The summed E-state index contributed by atoms with van der Waals surface area (Å²) in [5.41, 5.74) is 1.85. The molecule has 7 heteroatoms. The predicted molar refractivity (Wildman–Crippen MR) is 101 cm³/mol. The van der Waals surface area contributed by atoms with Gasteiger partial charge in [-0.1, -0.05) is 36.4 Å². The molecular formula is C20H21N3O4. The number of nitro benzene ring substituents is 1. The van der Waals surface area contributed by atoms with Crippen LogP contribution >= 0.6 is 0 Å². The van der Waals surface area contributed by atoms with E-state index in [4.69, 9.17) is 0 Å². The largest absolute Gasteiger partial charge is 0.335 e. The second-order valence-electron chi connectivity index (χ2n) is 6.78. The minimum absolute atomic E-state index is 0.0466. The number of rotatable bonds is 5. The van der Waals surface area contributed by atoms with Crippen LogP contribution in [0.15, 0.2) is 48.5 Å². The third kappa shape index (κ3) is 3.97. The van der Waals surface area contributed by atoms with Crippen LogP contribution in [0, 0.1) is 23.0 Å². The molecule has 0 bridgehead atoms. The second kappa shape index (κ2) is 7.57. The molecule has 1 N–H and O–H groups in total. The fourth-order valence-electron chi connectivity index (χ4n) is 3.32. The molecule has 0 spiro atoms. The highest BCUT2D eigenvalue weighted by Gasteiger charge is 2.37. The standard InChI is InChI=1S/C20H21N3O4/c1-13-8-9-17(11-18(13)23(26)27)21-20(25)16-10-19(24)22(12-16)14(2)15-6-4-3-5-7-15/h3-9,11,14,16H,10,12H2,1-2H3,(H,21,25)/t14-,16+/m0/s1. The van der Waals surface area contributed by atoms with Crippen molar-refractivity contribution >= 4 is 23.2 Å². The van der Waals surface area contributed by atoms with Crippen LogP contribution < -0.4 is 5.32 Å². The lowest BCUT2D eigenvalue weighted by molar-refractivity contribution is -0.385. The van der Waals surface area contributed by atoms with Crippen LogP contribution in [0.25, 0.3) is 0 Å². The van der Waals surface area contributed by atoms with Crippen molar-refractivity contribution in [3.8, 4) is 0 Å². The van der Waals surface area contributed by atoms with Crippen molar-refractivity contribution in [2.75, 3.05) is 11.9 Å². The van der Waals surface area contributed by atoms with Crippen LogP contribution in [0.3, 0.4) is 0 Å². The number of carbonyl (C=O) groups excluding carboxylic acids is 2. The average molecular weight is 367 g/mol. The third-order valence-corrected chi connectivity index (χ3v) is 4.95. The fourth-order valence-corrected chi connectivity index (χ4v) is 3.32. The first-order valence-corrected chi connectivity index (χ1v) is 8.77. The van der Waals surface area contributed by atoms with Crippen molar-refractivity contribution in [1.29, 1.82) is 0 Å². The lowest BCUT2D eigenvalue weighted by atomic mass is 10.1. The molecule has 2 aromatic rings. The zero-order valence-corrected chi connectivity index (χ0v) is 15.2. The van der Waals surface area contributed by atoms with E-state index in [1.807, 2.05) is 37.3 Å². The van der Waals surface area contributed by atoms with Gasteiger partial charge in [-0.15, -0.1) is 0 Å². The molecule has 0 saturated carbocycles. The fraction of sp³-hybridized carbons (Fsp3) is 0.300. The van der Waals surface area contributed by atoms with Crippen LogP contribution in [-0.4, -0.2) is 28.2 Å². The summed E-state index contributed by atoms with van der Waals surface area (Å²) in [6.45, 7) is 3.91. The first-order valence-electron chi connectivity index (χ1n) is 8.77. The van der Waals surface area contributed by atoms with Crippen LogP contribution in [-0.2, 0) is 9.59 Å². The minimum Gasteiger partial charge on any atom is -0.335 e. The van der Waals surface area contributed by atoms with Crippen molar-refractivity contribution in [3.05, 3.63) is 69.8 Å². The molecule has 1 heterocycles. The highest BCUT2D eigenvalue weighted by molar-refractivity contribution is 5.97. The van der Waals surface area contributed by atoms with Gasteiger partial charge in [0, 0.05) is 30.3 Å². The molecule has 0 radical (unpaired) electrons. The van der Waals surface area contributed by atoms with Gasteiger partial charge < -0.3 is 10.2 Å². The van der Waals surface area contributed by atoms with Crippen molar-refractivity contribution in [3.63, 3.8) is 0 Å². The van der Waals surface area contributed by atoms with E-state index >= 15 is 0 Å². The van der Waals surface area contributed by atoms with Crippen LogP contribution in [0.2, 0.25) is 0 Å². The van der Waals surface area contributed by atoms with E-state index in [9.17, 15) is 19.7 Å². The van der Waals surface area contributed by atoms with Gasteiger partial charge in [0.25, 0.3) is 5.69 Å². The average Bonchev–Trinajstić information content (AvgIpc) is 3.05. The Bertz CT molecular complexity index is 882. The molecule has 1 aliphatic heterocycles. The van der Waals surface area contributed by atoms with Gasteiger partial charge in [0.1, 0.15) is 0 Å². The lowest BCUT2D eigenvalue weighted by Gasteiger charge is -2.25. The third-order valence-electron chi connectivity index (χ3n) is 4.95. The summed E-state index contributed by atoms with van der Waals surface area (Å²) in [5.74, 6) is -0.852. The molecule has 1 aliphatic rings. The second-order valence-corrected chi connectivity index (χ2v) is 6.78. The number of nitrogens with zero attached hydrogens (tertiary/aromatic N) is 2. The van der Waals surface area contributed by atoms with Gasteiger partial charge in [-0.2, -0.15) is 0 Å². The van der Waals surface area contributed by atoms with E-state index in [1.165, 1.54) is 6.07 Å². The van der Waals surface area contributed by atoms with Crippen LogP contribution in [0.1, 0.15) is 30.5 Å². The molecule has 2 atom stereocenters. The summed E-state index contributed by atoms with van der Waals surface area (Å²) in [6.07, 6.45) is 0.136. The topological polar surface area (TPSA) is 92.6 Å². The number of amides is 2. The van der Waals surface area contributed by atoms with Crippen LogP contribution in [0.5, 0.6) is 0 Å². The van der Waals surface area contributed by atoms with Gasteiger partial charge in [-0.3, -0.25) is 19.7 Å². The van der Waals surface area contributed by atoms with Crippen molar-refractivity contribution in [1.82, 2.24) is 4.90 Å². The maximum atomic E-state index is 12.6. The van der Waals surface area contributed by atoms with Gasteiger partial charge in [-0.05, 0) is 25.5 Å². The van der Waals surface area contributed by atoms with Crippen molar-refractivity contribution in [2.24, 2.45) is 5.92 Å². The number of aryl methyl sites for hydroxylation is 1. The first-order chi connectivity index (χ1) is 12.9. The van der Waals surface area contributed by atoms with Gasteiger partial charge in [-0.25, -0.2) is 0 Å². The number of hydrogen-bond donors (Lipinski definition) is 1. The summed E-state index contributed by atoms with van der Waals surface area (Å²) < 4.78 is 0. The smallest absolute Gasteiger partial charge is 0.274 e. The Hall–Kier alpha value is -3.22. The van der Waals surface area contributed by atoms with E-state index in [0.29, 0.717) is 17.8 Å². The highest BCUT2D eigenvalue weighted by atomic mass is 16.6. The molecule has 27 heavy (non-hydrogen) atoms. The molecule has 0 aromatic heterocycles. The molecule has 140 valence electrons. The number of benzene rings is 2. The zero-order chi connectivity index (χ0) is 19.6. The SMILES string of the molecule is Cc1ccc(NC(=O)[C@@H]2CC(=O)N([C@@H](C)c3ccccc3)C2)cc1[N+](=O)[O-]. The Kier molecular flexibility index (Phi) is 5.21. The summed E-state index contributed by atoms with van der Waals surface area (Å²) in [7, 11) is 0. The van der Waals surface area contributed by atoms with E-state index in [2.05, 4.69) is 5.32 Å². The highest BCUT2D eigenvalue weighted by Crippen LogP contribution is 2.29. The Morgan fingerprint density at radius 1 is 1.26 bits per heavy atom.